The maximum Gasteiger partial charge on any atom is 0.0998 e. The van der Waals surface area contributed by atoms with E-state index in [0.29, 0.717) is 0 Å². The summed E-state index contributed by atoms with van der Waals surface area (Å²) in [5, 5.41) is 9.60. The van der Waals surface area contributed by atoms with Gasteiger partial charge in [0.05, 0.1) is 17.5 Å². The number of aliphatic imine (C=N–C) groups is 1. The zero-order valence-electron chi connectivity index (χ0n) is 14.0. The summed E-state index contributed by atoms with van der Waals surface area (Å²) < 4.78 is 0. The molecule has 0 fully saturated rings. The van der Waals surface area contributed by atoms with Crippen molar-refractivity contribution in [1.82, 2.24) is 4.90 Å². The number of hydrogen-bond acceptors (Lipinski definition) is 3. The predicted octanol–water partition coefficient (Wildman–Crippen LogP) is 4.00. The summed E-state index contributed by atoms with van der Waals surface area (Å²) in [6, 6.07) is 0. The summed E-state index contributed by atoms with van der Waals surface area (Å²) in [5.41, 5.74) is 0.0192. The lowest BCUT2D eigenvalue weighted by Crippen LogP contribution is -2.37. The monoisotopic (exact) mass is 282 g/mol. The lowest BCUT2D eigenvalue weighted by Gasteiger charge is -2.24. The molecule has 0 saturated carbocycles. The maximum absolute atomic E-state index is 9.60. The first-order valence-electron chi connectivity index (χ1n) is 8.46. The second-order valence-electron chi connectivity index (χ2n) is 6.94. The minimum absolute atomic E-state index is 0.0192. The fraction of sp³-hybridized carbons (Fsp3) is 0.941. The second-order valence-corrected chi connectivity index (χ2v) is 6.94. The van der Waals surface area contributed by atoms with E-state index in [1.165, 1.54) is 50.8 Å². The third kappa shape index (κ3) is 6.74. The van der Waals surface area contributed by atoms with Crippen molar-refractivity contribution in [3.63, 3.8) is 0 Å². The van der Waals surface area contributed by atoms with E-state index in [2.05, 4.69) is 25.7 Å². The van der Waals surface area contributed by atoms with Gasteiger partial charge in [0.25, 0.3) is 0 Å². The van der Waals surface area contributed by atoms with E-state index in [1.807, 2.05) is 6.92 Å². The van der Waals surface area contributed by atoms with Gasteiger partial charge in [-0.1, -0.05) is 45.4 Å². The lowest BCUT2D eigenvalue weighted by molar-refractivity contribution is 0.157. The van der Waals surface area contributed by atoms with Crippen LogP contribution in [-0.4, -0.2) is 40.6 Å². The summed E-state index contributed by atoms with van der Waals surface area (Å²) in [5.74, 6) is 1.21. The standard InChI is InChI=1S/C17H34N2O/c1-5-6-7-8-9-10-11-12-16-18-17(3,4)14-19(16)13-15(2)20/h15,20H,5-14H2,1-4H3. The Kier molecular flexibility index (Phi) is 7.57. The van der Waals surface area contributed by atoms with Crippen molar-refractivity contribution in [3.05, 3.63) is 0 Å². The van der Waals surface area contributed by atoms with Crippen molar-refractivity contribution >= 4 is 5.84 Å². The Hall–Kier alpha value is -0.570. The van der Waals surface area contributed by atoms with Crippen LogP contribution < -0.4 is 0 Å². The molecule has 3 heteroatoms. The third-order valence-electron chi connectivity index (χ3n) is 3.86. The second kappa shape index (κ2) is 8.66. The summed E-state index contributed by atoms with van der Waals surface area (Å²) in [6.45, 7) is 10.1. The number of amidine groups is 1. The van der Waals surface area contributed by atoms with E-state index < -0.39 is 0 Å². The molecule has 1 aliphatic heterocycles. The Morgan fingerprint density at radius 2 is 1.75 bits per heavy atom. The molecular formula is C17H34N2O. The van der Waals surface area contributed by atoms with Crippen LogP contribution in [-0.2, 0) is 0 Å². The summed E-state index contributed by atoms with van der Waals surface area (Å²) in [7, 11) is 0. The highest BCUT2D eigenvalue weighted by Crippen LogP contribution is 2.23. The van der Waals surface area contributed by atoms with E-state index in [4.69, 9.17) is 4.99 Å². The highest BCUT2D eigenvalue weighted by molar-refractivity contribution is 5.84. The number of aliphatic hydroxyl groups excluding tert-OH is 1. The highest BCUT2D eigenvalue weighted by atomic mass is 16.3. The van der Waals surface area contributed by atoms with Crippen LogP contribution in [0.5, 0.6) is 0 Å². The van der Waals surface area contributed by atoms with Gasteiger partial charge in [0.1, 0.15) is 0 Å². The van der Waals surface area contributed by atoms with Crippen LogP contribution in [0.25, 0.3) is 0 Å². The van der Waals surface area contributed by atoms with Crippen molar-refractivity contribution in [3.8, 4) is 0 Å². The normalized spacial score (nSPS) is 19.2. The molecule has 0 aromatic rings. The number of aliphatic hydroxyl groups is 1. The largest absolute Gasteiger partial charge is 0.392 e. The number of hydrogen-bond donors (Lipinski definition) is 1. The molecule has 0 aromatic carbocycles. The number of rotatable bonds is 10. The van der Waals surface area contributed by atoms with E-state index >= 15 is 0 Å². The average Bonchev–Trinajstić information content (AvgIpc) is 2.62. The first-order chi connectivity index (χ1) is 9.44. The van der Waals surface area contributed by atoms with Gasteiger partial charge >= 0.3 is 0 Å². The Balaban J connectivity index is 2.25. The molecule has 1 atom stereocenters. The van der Waals surface area contributed by atoms with Crippen LogP contribution in [0, 0.1) is 0 Å². The van der Waals surface area contributed by atoms with Gasteiger partial charge in [-0.3, -0.25) is 4.99 Å². The van der Waals surface area contributed by atoms with Crippen molar-refractivity contribution in [2.75, 3.05) is 13.1 Å². The molecule has 1 aliphatic rings. The van der Waals surface area contributed by atoms with Crippen LogP contribution >= 0.6 is 0 Å². The van der Waals surface area contributed by atoms with E-state index in [1.54, 1.807) is 0 Å². The van der Waals surface area contributed by atoms with Crippen molar-refractivity contribution < 1.29 is 5.11 Å². The first kappa shape index (κ1) is 17.5. The average molecular weight is 282 g/mol. The summed E-state index contributed by atoms with van der Waals surface area (Å²) in [6.07, 6.45) is 10.2. The molecular weight excluding hydrogens is 248 g/mol. The zero-order valence-corrected chi connectivity index (χ0v) is 14.0. The van der Waals surface area contributed by atoms with Gasteiger partial charge in [-0.2, -0.15) is 0 Å². The molecule has 0 aliphatic carbocycles. The molecule has 0 radical (unpaired) electrons. The van der Waals surface area contributed by atoms with Gasteiger partial charge in [0, 0.05) is 19.5 Å². The molecule has 0 amide bonds. The van der Waals surface area contributed by atoms with Crippen LogP contribution in [0.1, 0.15) is 79.1 Å². The molecule has 118 valence electrons. The highest BCUT2D eigenvalue weighted by Gasteiger charge is 2.30. The Morgan fingerprint density at radius 1 is 1.15 bits per heavy atom. The Labute approximate surface area is 125 Å². The predicted molar refractivity (Wildman–Crippen MR) is 87.4 cm³/mol. The molecule has 1 unspecified atom stereocenters. The Morgan fingerprint density at radius 3 is 2.35 bits per heavy atom. The van der Waals surface area contributed by atoms with Gasteiger partial charge in [0.15, 0.2) is 0 Å². The zero-order chi connectivity index (χ0) is 15.0. The topological polar surface area (TPSA) is 35.8 Å². The number of β-amino-alcohol motifs (C(OH)–C–C–N with tert-alkyl or cyclic N) is 1. The molecule has 20 heavy (non-hydrogen) atoms. The van der Waals surface area contributed by atoms with Crippen LogP contribution in [0.2, 0.25) is 0 Å². The van der Waals surface area contributed by atoms with Gasteiger partial charge in [-0.25, -0.2) is 0 Å². The summed E-state index contributed by atoms with van der Waals surface area (Å²) >= 11 is 0. The van der Waals surface area contributed by atoms with Crippen molar-refractivity contribution in [1.29, 1.82) is 0 Å². The quantitative estimate of drug-likeness (QED) is 0.615. The molecule has 0 spiro atoms. The van der Waals surface area contributed by atoms with Crippen LogP contribution in [0.4, 0.5) is 0 Å². The van der Waals surface area contributed by atoms with E-state index in [9.17, 15) is 5.11 Å². The van der Waals surface area contributed by atoms with Gasteiger partial charge in [-0.15, -0.1) is 0 Å². The van der Waals surface area contributed by atoms with Crippen molar-refractivity contribution in [2.45, 2.75) is 90.7 Å². The van der Waals surface area contributed by atoms with Crippen LogP contribution in [0.15, 0.2) is 4.99 Å². The Bertz CT molecular complexity index is 297. The van der Waals surface area contributed by atoms with E-state index in [-0.39, 0.29) is 11.6 Å². The fourth-order valence-electron chi connectivity index (χ4n) is 2.96. The molecule has 1 N–H and O–H groups in total. The van der Waals surface area contributed by atoms with Crippen LogP contribution in [0.3, 0.4) is 0 Å². The molecule has 0 bridgehead atoms. The SMILES string of the molecule is CCCCCCCCCC1=NC(C)(C)CN1CC(C)O. The third-order valence-corrected chi connectivity index (χ3v) is 3.86. The molecule has 3 nitrogen and oxygen atoms in total. The minimum Gasteiger partial charge on any atom is -0.392 e. The maximum atomic E-state index is 9.60. The smallest absolute Gasteiger partial charge is 0.0998 e. The van der Waals surface area contributed by atoms with E-state index in [0.717, 1.165) is 19.5 Å². The number of nitrogens with zero attached hydrogens (tertiary/aromatic N) is 2. The molecule has 1 rings (SSSR count). The van der Waals surface area contributed by atoms with Gasteiger partial charge < -0.3 is 10.0 Å². The molecule has 0 saturated heterocycles. The first-order valence-corrected chi connectivity index (χ1v) is 8.46. The van der Waals surface area contributed by atoms with Gasteiger partial charge in [0.2, 0.25) is 0 Å². The summed E-state index contributed by atoms with van der Waals surface area (Å²) in [4.78, 5) is 7.11. The lowest BCUT2D eigenvalue weighted by atomic mass is 10.1. The van der Waals surface area contributed by atoms with Crippen molar-refractivity contribution in [2.24, 2.45) is 4.99 Å². The number of unbranched alkanes of at least 4 members (excludes halogenated alkanes) is 6. The fourth-order valence-corrected chi connectivity index (χ4v) is 2.96. The molecule has 1 heterocycles. The molecule has 0 aromatic heterocycles. The minimum atomic E-state index is -0.275. The van der Waals surface area contributed by atoms with Gasteiger partial charge in [-0.05, 0) is 27.2 Å².